The van der Waals surface area contributed by atoms with Gasteiger partial charge in [0.25, 0.3) is 5.91 Å². The number of aryl methyl sites for hydroxylation is 1. The number of benzene rings is 2. The lowest BCUT2D eigenvalue weighted by atomic mass is 10.1. The first-order chi connectivity index (χ1) is 15.1. The highest BCUT2D eigenvalue weighted by atomic mass is 79.9. The summed E-state index contributed by atoms with van der Waals surface area (Å²) < 4.78 is 29.8. The minimum Gasteiger partial charge on any atom is -0.488 e. The number of sulfone groups is 1. The van der Waals surface area contributed by atoms with Crippen molar-refractivity contribution < 1.29 is 17.9 Å². The number of hydrogen-bond donors (Lipinski definition) is 1. The Morgan fingerprint density at radius 1 is 1.22 bits per heavy atom. The number of amides is 1. The van der Waals surface area contributed by atoms with Gasteiger partial charge >= 0.3 is 0 Å². The summed E-state index contributed by atoms with van der Waals surface area (Å²) in [7, 11) is -3.57. The van der Waals surface area contributed by atoms with E-state index in [1.54, 1.807) is 18.2 Å². The number of ether oxygens (including phenoxy) is 1. The van der Waals surface area contributed by atoms with Crippen LogP contribution in [0.15, 0.2) is 62.6 Å². The fourth-order valence-corrected chi connectivity index (χ4v) is 5.06. The van der Waals surface area contributed by atoms with Crippen molar-refractivity contribution in [2.24, 2.45) is 10.1 Å². The number of carbonyl (C=O) groups excluding carboxylic acids is 1. The number of amidine groups is 2. The molecule has 2 aromatic carbocycles. The molecule has 0 fully saturated rings. The van der Waals surface area contributed by atoms with Crippen molar-refractivity contribution in [3.05, 3.63) is 69.2 Å². The van der Waals surface area contributed by atoms with Crippen molar-refractivity contribution in [3.8, 4) is 5.75 Å². The van der Waals surface area contributed by atoms with Gasteiger partial charge in [-0.2, -0.15) is 10.0 Å². The summed E-state index contributed by atoms with van der Waals surface area (Å²) in [4.78, 5) is 16.4. The van der Waals surface area contributed by atoms with Crippen molar-refractivity contribution in [3.63, 3.8) is 0 Å². The zero-order valence-electron chi connectivity index (χ0n) is 17.0. The maximum Gasteiger partial charge on any atom is 0.283 e. The van der Waals surface area contributed by atoms with Crippen LogP contribution in [0.2, 0.25) is 0 Å². The van der Waals surface area contributed by atoms with E-state index >= 15 is 0 Å². The molecule has 2 aliphatic heterocycles. The van der Waals surface area contributed by atoms with Gasteiger partial charge in [-0.05, 0) is 64.0 Å². The number of fused-ring (bicyclic) bond motifs is 1. The fourth-order valence-electron chi connectivity index (χ4n) is 2.86. The summed E-state index contributed by atoms with van der Waals surface area (Å²) in [6, 6.07) is 13.3. The van der Waals surface area contributed by atoms with Gasteiger partial charge in [0.2, 0.25) is 19.4 Å². The molecule has 11 heteroatoms. The molecule has 1 N–H and O–H groups in total. The smallest absolute Gasteiger partial charge is 0.283 e. The number of halogens is 1. The van der Waals surface area contributed by atoms with Crippen LogP contribution >= 0.6 is 27.7 Å². The topological polar surface area (TPSA) is 112 Å². The third-order valence-corrected chi connectivity index (χ3v) is 7.73. The molecule has 4 rings (SSSR count). The van der Waals surface area contributed by atoms with Crippen LogP contribution in [0.1, 0.15) is 16.7 Å². The Labute approximate surface area is 197 Å². The SMILES string of the molecule is Cc1ccc(COc2ccc(/C=C3\C(=N)N4N=C(S(C)(=O)=O)SC4=NC3=O)cc2Br)cc1. The van der Waals surface area contributed by atoms with E-state index < -0.39 is 15.7 Å². The second-order valence-corrected chi connectivity index (χ2v) is 11.1. The van der Waals surface area contributed by atoms with Crippen LogP contribution in [0, 0.1) is 12.3 Å². The summed E-state index contributed by atoms with van der Waals surface area (Å²) in [5, 5.41) is 13.4. The molecule has 0 saturated heterocycles. The zero-order valence-corrected chi connectivity index (χ0v) is 20.2. The molecule has 2 aromatic rings. The number of hydrogen-bond acceptors (Lipinski definition) is 7. The lowest BCUT2D eigenvalue weighted by molar-refractivity contribution is -0.114. The highest BCUT2D eigenvalue weighted by Gasteiger charge is 2.38. The lowest BCUT2D eigenvalue weighted by Gasteiger charge is -2.20. The summed E-state index contributed by atoms with van der Waals surface area (Å²) in [6.07, 6.45) is 2.53. The molecular weight excluding hydrogens is 516 g/mol. The third kappa shape index (κ3) is 4.69. The molecule has 1 amide bonds. The van der Waals surface area contributed by atoms with Gasteiger partial charge in [0.15, 0.2) is 5.84 Å². The molecule has 8 nitrogen and oxygen atoms in total. The molecule has 0 aliphatic carbocycles. The van der Waals surface area contributed by atoms with Crippen molar-refractivity contribution in [2.75, 3.05) is 6.26 Å². The number of nitrogens with one attached hydrogen (secondary N) is 1. The zero-order chi connectivity index (χ0) is 23.0. The van der Waals surface area contributed by atoms with Crippen molar-refractivity contribution in [1.29, 1.82) is 5.41 Å². The Hall–Kier alpha value is -2.76. The second kappa shape index (κ2) is 8.64. The van der Waals surface area contributed by atoms with E-state index in [9.17, 15) is 13.2 Å². The highest BCUT2D eigenvalue weighted by molar-refractivity contribution is 9.10. The molecule has 32 heavy (non-hydrogen) atoms. The Balaban J connectivity index is 1.54. The first-order valence-electron chi connectivity index (χ1n) is 9.30. The number of hydrazone groups is 1. The number of carbonyl (C=O) groups is 1. The minimum absolute atomic E-state index is 0.00748. The van der Waals surface area contributed by atoms with Gasteiger partial charge in [0.05, 0.1) is 10.0 Å². The van der Waals surface area contributed by atoms with Crippen LogP contribution in [0.4, 0.5) is 0 Å². The van der Waals surface area contributed by atoms with Crippen LogP contribution in [0.25, 0.3) is 6.08 Å². The average molecular weight is 533 g/mol. The van der Waals surface area contributed by atoms with E-state index in [1.165, 1.54) is 11.6 Å². The quantitative estimate of drug-likeness (QED) is 0.596. The molecule has 0 aromatic heterocycles. The Morgan fingerprint density at radius 3 is 2.59 bits per heavy atom. The average Bonchev–Trinajstić information content (AvgIpc) is 3.16. The number of nitrogens with zero attached hydrogens (tertiary/aromatic N) is 3. The summed E-state index contributed by atoms with van der Waals surface area (Å²) in [5.74, 6) is -0.229. The van der Waals surface area contributed by atoms with Gasteiger partial charge < -0.3 is 4.74 Å². The second-order valence-electron chi connectivity index (χ2n) is 7.12. The fraction of sp³-hybridized carbons (Fsp3) is 0.143. The molecule has 2 heterocycles. The van der Waals surface area contributed by atoms with Crippen LogP contribution in [-0.2, 0) is 21.2 Å². The maximum atomic E-state index is 12.5. The lowest BCUT2D eigenvalue weighted by Crippen LogP contribution is -2.35. The first kappa shape index (κ1) is 22.4. The van der Waals surface area contributed by atoms with E-state index in [1.807, 2.05) is 31.2 Å². The highest BCUT2D eigenvalue weighted by Crippen LogP contribution is 2.31. The molecule has 2 aliphatic rings. The molecular formula is C21H17BrN4O4S2. The largest absolute Gasteiger partial charge is 0.488 e. The van der Waals surface area contributed by atoms with Gasteiger partial charge in [-0.25, -0.2) is 8.42 Å². The van der Waals surface area contributed by atoms with Crippen LogP contribution in [0.5, 0.6) is 5.75 Å². The predicted molar refractivity (Wildman–Crippen MR) is 130 cm³/mol. The first-order valence-corrected chi connectivity index (χ1v) is 12.8. The predicted octanol–water partition coefficient (Wildman–Crippen LogP) is 3.96. The van der Waals surface area contributed by atoms with E-state index in [0.29, 0.717) is 22.4 Å². The minimum atomic E-state index is -3.57. The van der Waals surface area contributed by atoms with Crippen molar-refractivity contribution in [1.82, 2.24) is 5.01 Å². The number of rotatable bonds is 4. The summed E-state index contributed by atoms with van der Waals surface area (Å²) in [6.45, 7) is 2.43. The van der Waals surface area contributed by atoms with Gasteiger partial charge in [0, 0.05) is 6.26 Å². The Bertz CT molecular complexity index is 1330. The van der Waals surface area contributed by atoms with E-state index in [2.05, 4.69) is 26.0 Å². The Morgan fingerprint density at radius 2 is 1.94 bits per heavy atom. The summed E-state index contributed by atoms with van der Waals surface area (Å²) in [5.41, 5.74) is 2.87. The molecule has 0 spiro atoms. The normalized spacial score (nSPS) is 17.3. The van der Waals surface area contributed by atoms with E-state index in [-0.39, 0.29) is 21.0 Å². The maximum absolute atomic E-state index is 12.5. The van der Waals surface area contributed by atoms with Crippen LogP contribution in [-0.4, -0.2) is 41.0 Å². The molecule has 0 bridgehead atoms. The molecule has 0 saturated carbocycles. The molecule has 0 radical (unpaired) electrons. The van der Waals surface area contributed by atoms with E-state index in [0.717, 1.165) is 28.6 Å². The number of aliphatic imine (C=N–C) groups is 1. The summed E-state index contributed by atoms with van der Waals surface area (Å²) >= 11 is 4.23. The standard InChI is InChI=1S/C21H17BrN4O4S2/c1-12-3-5-13(6-4-12)11-30-17-8-7-14(10-16(17)22)9-15-18(23)26-20(24-19(15)27)31-21(25-26)32(2,28)29/h3-10,23H,11H2,1-2H3/b15-9+,23-18?. The number of thioether (sulfide) groups is 1. The monoisotopic (exact) mass is 532 g/mol. The van der Waals surface area contributed by atoms with Gasteiger partial charge in [-0.1, -0.05) is 35.9 Å². The molecule has 0 unspecified atom stereocenters. The van der Waals surface area contributed by atoms with Gasteiger partial charge in [0.1, 0.15) is 12.4 Å². The Kier molecular flexibility index (Phi) is 6.06. The van der Waals surface area contributed by atoms with Gasteiger partial charge in [-0.15, -0.1) is 5.10 Å². The third-order valence-electron chi connectivity index (χ3n) is 4.54. The van der Waals surface area contributed by atoms with E-state index in [4.69, 9.17) is 10.1 Å². The van der Waals surface area contributed by atoms with Crippen LogP contribution in [0.3, 0.4) is 0 Å². The molecule has 164 valence electrons. The van der Waals surface area contributed by atoms with Crippen molar-refractivity contribution >= 4 is 64.9 Å². The van der Waals surface area contributed by atoms with Crippen molar-refractivity contribution in [2.45, 2.75) is 13.5 Å². The van der Waals surface area contributed by atoms with Crippen LogP contribution < -0.4 is 4.74 Å². The van der Waals surface area contributed by atoms with Gasteiger partial charge in [-0.3, -0.25) is 10.2 Å². The molecule has 0 atom stereocenters.